The van der Waals surface area contributed by atoms with E-state index in [9.17, 15) is 0 Å². The van der Waals surface area contributed by atoms with E-state index < -0.39 is 0 Å². The van der Waals surface area contributed by atoms with E-state index in [0.29, 0.717) is 0 Å². The van der Waals surface area contributed by atoms with Crippen LogP contribution in [0.25, 0.3) is 16.7 Å². The quantitative estimate of drug-likeness (QED) is 0.577. The second-order valence-corrected chi connectivity index (χ2v) is 6.81. The summed E-state index contributed by atoms with van der Waals surface area (Å²) in [7, 11) is 0. The van der Waals surface area contributed by atoms with Crippen LogP contribution in [0.1, 0.15) is 28.2 Å². The third kappa shape index (κ3) is 1.71. The molecule has 3 aliphatic rings. The van der Waals surface area contributed by atoms with Gasteiger partial charge in [0.15, 0.2) is 0 Å². The average Bonchev–Trinajstić information content (AvgIpc) is 3.22. The average molecular weight is 338 g/mol. The normalized spacial score (nSPS) is 19.0. The first-order valence-electron chi connectivity index (χ1n) is 8.74. The topological polar surface area (TPSA) is 0 Å². The van der Waals surface area contributed by atoms with Crippen LogP contribution >= 0.6 is 0 Å². The first-order chi connectivity index (χ1) is 13.2. The Balaban J connectivity index is 1.98. The van der Waals surface area contributed by atoms with Gasteiger partial charge in [0.2, 0.25) is 0 Å². The van der Waals surface area contributed by atoms with E-state index in [1.54, 1.807) is 0 Å². The molecule has 0 N–H and O–H groups in total. The number of allylic oxidation sites excluding steroid dienone is 7. The summed E-state index contributed by atoms with van der Waals surface area (Å²) in [5.41, 5.74) is 10.9. The van der Waals surface area contributed by atoms with Gasteiger partial charge in [-0.15, -0.1) is 19.3 Å². The van der Waals surface area contributed by atoms with Crippen LogP contribution in [0.2, 0.25) is 0 Å². The van der Waals surface area contributed by atoms with Gasteiger partial charge in [0.1, 0.15) is 0 Å². The lowest BCUT2D eigenvalue weighted by Crippen LogP contribution is -2.13. The van der Waals surface area contributed by atoms with Crippen molar-refractivity contribution in [2.24, 2.45) is 0 Å². The minimum atomic E-state index is -0.0466. The molecule has 0 saturated carbocycles. The van der Waals surface area contributed by atoms with Gasteiger partial charge in [-0.3, -0.25) is 0 Å². The van der Waals surface area contributed by atoms with Gasteiger partial charge >= 0.3 is 0 Å². The van der Waals surface area contributed by atoms with Crippen LogP contribution in [0.4, 0.5) is 0 Å². The first kappa shape index (κ1) is 15.3. The molecule has 27 heavy (non-hydrogen) atoms. The molecular weight excluding hydrogens is 324 g/mol. The molecule has 122 valence electrons. The van der Waals surface area contributed by atoms with Gasteiger partial charge in [-0.2, -0.15) is 0 Å². The Labute approximate surface area is 159 Å². The summed E-state index contributed by atoms with van der Waals surface area (Å²) in [5, 5.41) is 0. The molecule has 0 aromatic heterocycles. The number of fused-ring (bicyclic) bond motifs is 6. The summed E-state index contributed by atoms with van der Waals surface area (Å²) in [6.07, 6.45) is 17.9. The standard InChI is InChI=1S/C27H14/c1-5-17-20-12-9-11-15-23(20)27-19(7-3)26-18(6-2)21-13-8-10-14-22(21)25(26)16(4)24(17)27/h1-3,8-15,25H,4H2. The molecule has 0 fully saturated rings. The maximum Gasteiger partial charge on any atom is 0.0403 e. The predicted octanol–water partition coefficient (Wildman–Crippen LogP) is 5.23. The molecule has 1 unspecified atom stereocenters. The largest absolute Gasteiger partial charge is 0.115 e. The fourth-order valence-electron chi connectivity index (χ4n) is 4.68. The Morgan fingerprint density at radius 3 is 1.93 bits per heavy atom. The molecule has 5 rings (SSSR count). The molecule has 0 heteroatoms. The van der Waals surface area contributed by atoms with E-state index in [2.05, 4.69) is 42.5 Å². The maximum absolute atomic E-state index is 6.04. The zero-order valence-electron chi connectivity index (χ0n) is 14.6. The maximum atomic E-state index is 6.04. The van der Waals surface area contributed by atoms with Gasteiger partial charge < -0.3 is 0 Å². The van der Waals surface area contributed by atoms with Crippen LogP contribution in [0.15, 0.2) is 77.4 Å². The predicted molar refractivity (Wildman–Crippen MR) is 112 cm³/mol. The van der Waals surface area contributed by atoms with Gasteiger partial charge in [0, 0.05) is 33.8 Å². The molecule has 3 aliphatic carbocycles. The second-order valence-electron chi connectivity index (χ2n) is 6.81. The monoisotopic (exact) mass is 338 g/mol. The van der Waals surface area contributed by atoms with E-state index in [4.69, 9.17) is 19.3 Å². The molecule has 0 aliphatic heterocycles. The molecule has 1 atom stereocenters. The number of terminal acetylenes is 3. The lowest BCUT2D eigenvalue weighted by molar-refractivity contribution is 0.975. The highest BCUT2D eigenvalue weighted by atomic mass is 14.4. The van der Waals surface area contributed by atoms with Crippen molar-refractivity contribution in [2.45, 2.75) is 5.92 Å². The molecule has 0 heterocycles. The highest BCUT2D eigenvalue weighted by molar-refractivity contribution is 6.13. The van der Waals surface area contributed by atoms with Gasteiger partial charge in [0.05, 0.1) is 0 Å². The lowest BCUT2D eigenvalue weighted by Gasteiger charge is -2.29. The van der Waals surface area contributed by atoms with Crippen molar-refractivity contribution in [2.75, 3.05) is 0 Å². The van der Waals surface area contributed by atoms with E-state index in [-0.39, 0.29) is 5.92 Å². The van der Waals surface area contributed by atoms with Crippen LogP contribution in [-0.2, 0) is 0 Å². The van der Waals surface area contributed by atoms with Crippen LogP contribution in [-0.4, -0.2) is 0 Å². The second kappa shape index (κ2) is 5.29. The number of hydrogen-bond donors (Lipinski definition) is 0. The Bertz CT molecular complexity index is 1300. The van der Waals surface area contributed by atoms with Gasteiger partial charge in [-0.05, 0) is 33.4 Å². The van der Waals surface area contributed by atoms with Crippen LogP contribution < -0.4 is 0 Å². The number of rotatable bonds is 0. The van der Waals surface area contributed by atoms with Gasteiger partial charge in [-0.1, -0.05) is 72.9 Å². The molecule has 0 amide bonds. The van der Waals surface area contributed by atoms with E-state index in [1.165, 1.54) is 0 Å². The van der Waals surface area contributed by atoms with E-state index in [1.807, 2.05) is 30.3 Å². The van der Waals surface area contributed by atoms with Crippen molar-refractivity contribution in [3.8, 4) is 37.0 Å². The first-order valence-corrected chi connectivity index (χ1v) is 8.74. The molecule has 2 aromatic rings. The molecular formula is C27H14. The molecule has 0 saturated heterocycles. The van der Waals surface area contributed by atoms with Crippen molar-refractivity contribution in [3.63, 3.8) is 0 Å². The van der Waals surface area contributed by atoms with Crippen molar-refractivity contribution in [1.82, 2.24) is 0 Å². The van der Waals surface area contributed by atoms with Crippen molar-refractivity contribution in [3.05, 3.63) is 99.7 Å². The number of benzene rings is 2. The minimum absolute atomic E-state index is 0.0466. The molecule has 0 spiro atoms. The fourth-order valence-corrected chi connectivity index (χ4v) is 4.68. The fraction of sp³-hybridized carbons (Fsp3) is 0.0370. The zero-order valence-corrected chi connectivity index (χ0v) is 14.6. The summed E-state index contributed by atoms with van der Waals surface area (Å²) >= 11 is 0. The molecule has 0 nitrogen and oxygen atoms in total. The third-order valence-electron chi connectivity index (χ3n) is 5.69. The Kier molecular flexibility index (Phi) is 3.00. The van der Waals surface area contributed by atoms with Crippen LogP contribution in [0.5, 0.6) is 0 Å². The minimum Gasteiger partial charge on any atom is -0.115 e. The molecule has 0 bridgehead atoms. The van der Waals surface area contributed by atoms with Crippen LogP contribution in [0.3, 0.4) is 0 Å². The zero-order chi connectivity index (χ0) is 18.7. The summed E-state index contributed by atoms with van der Waals surface area (Å²) in [6, 6.07) is 16.3. The SMILES string of the molecule is C#CC1=C2C(=C(C#C)c3ccccc32)C(=C)C2C1=C(C#C)c1ccccc12. The number of hydrogen-bond acceptors (Lipinski definition) is 0. The molecule has 2 aromatic carbocycles. The lowest BCUT2D eigenvalue weighted by atomic mass is 9.72. The van der Waals surface area contributed by atoms with Crippen molar-refractivity contribution < 1.29 is 0 Å². The van der Waals surface area contributed by atoms with Gasteiger partial charge in [-0.25, -0.2) is 0 Å². The van der Waals surface area contributed by atoms with E-state index >= 15 is 0 Å². The Hall–Kier alpha value is -3.92. The smallest absolute Gasteiger partial charge is 0.0403 e. The van der Waals surface area contributed by atoms with Crippen molar-refractivity contribution in [1.29, 1.82) is 0 Å². The summed E-state index contributed by atoms with van der Waals surface area (Å²) in [4.78, 5) is 0. The highest BCUT2D eigenvalue weighted by Crippen LogP contribution is 2.60. The van der Waals surface area contributed by atoms with Crippen molar-refractivity contribution >= 4 is 16.7 Å². The third-order valence-corrected chi connectivity index (χ3v) is 5.69. The Morgan fingerprint density at radius 2 is 1.26 bits per heavy atom. The van der Waals surface area contributed by atoms with Crippen LogP contribution in [0, 0.1) is 37.0 Å². The summed E-state index contributed by atoms with van der Waals surface area (Å²) in [6.45, 7) is 4.46. The summed E-state index contributed by atoms with van der Waals surface area (Å²) in [5.74, 6) is 8.66. The van der Waals surface area contributed by atoms with Gasteiger partial charge in [0.25, 0.3) is 0 Å². The highest BCUT2D eigenvalue weighted by Gasteiger charge is 2.43. The Morgan fingerprint density at radius 1 is 0.667 bits per heavy atom. The van der Waals surface area contributed by atoms with E-state index in [0.717, 1.165) is 61.3 Å². The molecule has 0 radical (unpaired) electrons. The summed E-state index contributed by atoms with van der Waals surface area (Å²) < 4.78 is 0.